The molecular formula is C11H10N2O2. The van der Waals surface area contributed by atoms with Gasteiger partial charge in [-0.25, -0.2) is 5.48 Å². The monoisotopic (exact) mass is 202 g/mol. The zero-order valence-electron chi connectivity index (χ0n) is 8.19. The van der Waals surface area contributed by atoms with Gasteiger partial charge in [0.25, 0.3) is 5.91 Å². The molecule has 0 saturated heterocycles. The Labute approximate surface area is 86.5 Å². The second-order valence-corrected chi connectivity index (χ2v) is 3.35. The van der Waals surface area contributed by atoms with Gasteiger partial charge >= 0.3 is 0 Å². The van der Waals surface area contributed by atoms with Gasteiger partial charge in [-0.05, 0) is 36.1 Å². The predicted molar refractivity (Wildman–Crippen MR) is 55.7 cm³/mol. The standard InChI is InChI=1S/C11H10N2O2/c1-7-4-8-6-12-3-2-9(8)10(5-7)11(14)13-15/h2-6,15H,1H3,(H,13,14). The number of carbonyl (C=O) groups excluding carboxylic acids is 1. The Morgan fingerprint density at radius 1 is 1.47 bits per heavy atom. The molecular weight excluding hydrogens is 192 g/mol. The largest absolute Gasteiger partial charge is 0.288 e. The molecule has 0 spiro atoms. The summed E-state index contributed by atoms with van der Waals surface area (Å²) in [6, 6.07) is 5.42. The van der Waals surface area contributed by atoms with Crippen molar-refractivity contribution in [3.05, 3.63) is 41.7 Å². The van der Waals surface area contributed by atoms with Gasteiger partial charge in [0.15, 0.2) is 0 Å². The maximum absolute atomic E-state index is 11.4. The Balaban J connectivity index is 2.76. The van der Waals surface area contributed by atoms with E-state index in [1.165, 1.54) is 0 Å². The number of pyridine rings is 1. The van der Waals surface area contributed by atoms with E-state index in [4.69, 9.17) is 5.21 Å². The van der Waals surface area contributed by atoms with Crippen molar-refractivity contribution in [1.82, 2.24) is 10.5 Å². The molecule has 0 aliphatic carbocycles. The average molecular weight is 202 g/mol. The molecule has 15 heavy (non-hydrogen) atoms. The molecule has 4 heteroatoms. The van der Waals surface area contributed by atoms with E-state index in [2.05, 4.69) is 4.98 Å². The molecule has 1 amide bonds. The van der Waals surface area contributed by atoms with Gasteiger partial charge in [-0.1, -0.05) is 0 Å². The van der Waals surface area contributed by atoms with Gasteiger partial charge < -0.3 is 0 Å². The average Bonchev–Trinajstić information content (AvgIpc) is 2.26. The van der Waals surface area contributed by atoms with Gasteiger partial charge in [0.1, 0.15) is 0 Å². The van der Waals surface area contributed by atoms with Crippen LogP contribution in [0.3, 0.4) is 0 Å². The summed E-state index contributed by atoms with van der Waals surface area (Å²) in [7, 11) is 0. The zero-order chi connectivity index (χ0) is 10.8. The van der Waals surface area contributed by atoms with Gasteiger partial charge in [-0.2, -0.15) is 0 Å². The number of benzene rings is 1. The van der Waals surface area contributed by atoms with Crippen molar-refractivity contribution in [3.63, 3.8) is 0 Å². The van der Waals surface area contributed by atoms with Crippen LogP contribution in [0.1, 0.15) is 15.9 Å². The lowest BCUT2D eigenvalue weighted by atomic mass is 10.0. The number of hydroxylamine groups is 1. The molecule has 2 N–H and O–H groups in total. The Bertz CT molecular complexity index is 523. The van der Waals surface area contributed by atoms with Crippen LogP contribution in [0, 0.1) is 6.92 Å². The van der Waals surface area contributed by atoms with E-state index in [9.17, 15) is 4.79 Å². The van der Waals surface area contributed by atoms with E-state index in [0.717, 1.165) is 16.3 Å². The minimum absolute atomic E-state index is 0.454. The lowest BCUT2D eigenvalue weighted by Crippen LogP contribution is -2.19. The molecule has 0 unspecified atom stereocenters. The lowest BCUT2D eigenvalue weighted by Gasteiger charge is -2.05. The minimum Gasteiger partial charge on any atom is -0.288 e. The fraction of sp³-hybridized carbons (Fsp3) is 0.0909. The van der Waals surface area contributed by atoms with Crippen LogP contribution in [0.15, 0.2) is 30.6 Å². The third kappa shape index (κ3) is 1.67. The van der Waals surface area contributed by atoms with Crippen LogP contribution >= 0.6 is 0 Å². The molecule has 2 rings (SSSR count). The number of rotatable bonds is 1. The molecule has 0 aliphatic heterocycles. The molecule has 0 aliphatic rings. The number of hydrogen-bond acceptors (Lipinski definition) is 3. The Hall–Kier alpha value is -1.94. The lowest BCUT2D eigenvalue weighted by molar-refractivity contribution is 0.0708. The van der Waals surface area contributed by atoms with Crippen LogP contribution in [-0.4, -0.2) is 16.1 Å². The van der Waals surface area contributed by atoms with Crippen molar-refractivity contribution >= 4 is 16.7 Å². The van der Waals surface area contributed by atoms with Gasteiger partial charge in [0.2, 0.25) is 0 Å². The molecule has 2 aromatic rings. The molecule has 0 saturated carbocycles. The smallest absolute Gasteiger partial charge is 0.275 e. The van der Waals surface area contributed by atoms with Crippen molar-refractivity contribution in [3.8, 4) is 0 Å². The summed E-state index contributed by atoms with van der Waals surface area (Å²) in [5.74, 6) is -0.505. The molecule has 76 valence electrons. The topological polar surface area (TPSA) is 62.2 Å². The summed E-state index contributed by atoms with van der Waals surface area (Å²) >= 11 is 0. The molecule has 1 heterocycles. The Morgan fingerprint density at radius 2 is 2.27 bits per heavy atom. The molecule has 0 bridgehead atoms. The summed E-state index contributed by atoms with van der Waals surface area (Å²) in [6.07, 6.45) is 3.31. The number of amides is 1. The maximum atomic E-state index is 11.4. The Morgan fingerprint density at radius 3 is 3.00 bits per heavy atom. The van der Waals surface area contributed by atoms with Crippen LogP contribution < -0.4 is 5.48 Å². The summed E-state index contributed by atoms with van der Waals surface area (Å²) in [4.78, 5) is 15.4. The number of hydrogen-bond donors (Lipinski definition) is 2. The van der Waals surface area contributed by atoms with Gasteiger partial charge in [-0.15, -0.1) is 0 Å². The van der Waals surface area contributed by atoms with E-state index >= 15 is 0 Å². The van der Waals surface area contributed by atoms with E-state index < -0.39 is 5.91 Å². The Kier molecular flexibility index (Phi) is 2.35. The molecule has 1 aromatic carbocycles. The van der Waals surface area contributed by atoms with E-state index in [0.29, 0.717) is 5.56 Å². The molecule has 0 atom stereocenters. The first-order valence-corrected chi connectivity index (χ1v) is 4.51. The number of aromatic nitrogens is 1. The summed E-state index contributed by atoms with van der Waals surface area (Å²) in [5, 5.41) is 10.3. The third-order valence-electron chi connectivity index (χ3n) is 2.24. The zero-order valence-corrected chi connectivity index (χ0v) is 8.19. The molecule has 4 nitrogen and oxygen atoms in total. The summed E-state index contributed by atoms with van der Waals surface area (Å²) < 4.78 is 0. The first-order chi connectivity index (χ1) is 7.22. The van der Waals surface area contributed by atoms with E-state index in [1.807, 2.05) is 13.0 Å². The second kappa shape index (κ2) is 3.67. The molecule has 0 radical (unpaired) electrons. The van der Waals surface area contributed by atoms with Crippen LogP contribution in [0.25, 0.3) is 10.8 Å². The van der Waals surface area contributed by atoms with E-state index in [1.54, 1.807) is 30.0 Å². The second-order valence-electron chi connectivity index (χ2n) is 3.35. The van der Waals surface area contributed by atoms with Crippen LogP contribution in [0.5, 0.6) is 0 Å². The summed E-state index contributed by atoms with van der Waals surface area (Å²) in [5.41, 5.74) is 3.05. The van der Waals surface area contributed by atoms with Gasteiger partial charge in [0, 0.05) is 23.3 Å². The number of fused-ring (bicyclic) bond motifs is 1. The van der Waals surface area contributed by atoms with Gasteiger partial charge in [-0.3, -0.25) is 15.0 Å². The first kappa shape index (κ1) is 9.61. The highest BCUT2D eigenvalue weighted by atomic mass is 16.5. The SMILES string of the molecule is Cc1cc(C(=O)NO)c2ccncc2c1. The van der Waals surface area contributed by atoms with Crippen molar-refractivity contribution in [2.45, 2.75) is 6.92 Å². The third-order valence-corrected chi connectivity index (χ3v) is 2.24. The van der Waals surface area contributed by atoms with Crippen LogP contribution in [-0.2, 0) is 0 Å². The highest BCUT2D eigenvalue weighted by Gasteiger charge is 2.09. The van der Waals surface area contributed by atoms with Crippen LogP contribution in [0.2, 0.25) is 0 Å². The predicted octanol–water partition coefficient (Wildman–Crippen LogP) is 1.66. The van der Waals surface area contributed by atoms with E-state index in [-0.39, 0.29) is 0 Å². The van der Waals surface area contributed by atoms with Crippen molar-refractivity contribution in [1.29, 1.82) is 0 Å². The number of carbonyl (C=O) groups is 1. The number of nitrogens with zero attached hydrogens (tertiary/aromatic N) is 1. The fourth-order valence-electron chi connectivity index (χ4n) is 1.61. The molecule has 0 fully saturated rings. The first-order valence-electron chi connectivity index (χ1n) is 4.51. The van der Waals surface area contributed by atoms with Gasteiger partial charge in [0.05, 0.1) is 0 Å². The van der Waals surface area contributed by atoms with Crippen LogP contribution in [0.4, 0.5) is 0 Å². The molecule has 1 aromatic heterocycles. The number of aryl methyl sites for hydroxylation is 1. The highest BCUT2D eigenvalue weighted by Crippen LogP contribution is 2.19. The highest BCUT2D eigenvalue weighted by molar-refractivity contribution is 6.06. The van der Waals surface area contributed by atoms with Crippen molar-refractivity contribution < 1.29 is 10.0 Å². The van der Waals surface area contributed by atoms with Crippen molar-refractivity contribution in [2.24, 2.45) is 0 Å². The summed E-state index contributed by atoms with van der Waals surface area (Å²) in [6.45, 7) is 1.89. The van der Waals surface area contributed by atoms with Crippen molar-refractivity contribution in [2.75, 3.05) is 0 Å². The maximum Gasteiger partial charge on any atom is 0.275 e. The minimum atomic E-state index is -0.505. The quantitative estimate of drug-likeness (QED) is 0.546. The fourth-order valence-corrected chi connectivity index (χ4v) is 1.61. The normalized spacial score (nSPS) is 10.3. The number of nitrogens with one attached hydrogen (secondary N) is 1.